The Hall–Kier alpha value is -0.210. The van der Waals surface area contributed by atoms with Crippen molar-refractivity contribution in [1.29, 1.82) is 0 Å². The summed E-state index contributed by atoms with van der Waals surface area (Å²) in [6.07, 6.45) is 0. The van der Waals surface area contributed by atoms with Crippen molar-refractivity contribution in [3.05, 3.63) is 56.5 Å². The van der Waals surface area contributed by atoms with Gasteiger partial charge in [-0.05, 0) is 36.4 Å². The molecule has 2 aromatic rings. The molecule has 0 aliphatic heterocycles. The van der Waals surface area contributed by atoms with Crippen LogP contribution in [0.3, 0.4) is 0 Å². The summed E-state index contributed by atoms with van der Waals surface area (Å²) < 4.78 is 12.5. The molecule has 1 N–H and O–H groups in total. The van der Waals surface area contributed by atoms with Gasteiger partial charge in [0.15, 0.2) is 0 Å². The van der Waals surface area contributed by atoms with Crippen LogP contribution >= 0.6 is 53.8 Å². The molecule has 0 spiro atoms. The van der Waals surface area contributed by atoms with Crippen LogP contribution in [-0.2, 0) is 4.57 Å². The van der Waals surface area contributed by atoms with E-state index in [1.165, 1.54) is 36.4 Å². The first-order chi connectivity index (χ1) is 8.82. The van der Waals surface area contributed by atoms with E-state index in [9.17, 15) is 9.46 Å². The Morgan fingerprint density at radius 2 is 1.11 bits per heavy atom. The van der Waals surface area contributed by atoms with Gasteiger partial charge < -0.3 is 4.89 Å². The minimum atomic E-state index is -3.78. The Kier molecular flexibility index (Phi) is 4.52. The van der Waals surface area contributed by atoms with Crippen LogP contribution in [0.4, 0.5) is 0 Å². The maximum Gasteiger partial charge on any atom is 0.258 e. The molecule has 0 bridgehead atoms. The molecule has 0 radical (unpaired) electrons. The first-order valence-electron chi connectivity index (χ1n) is 5.06. The molecule has 0 aliphatic carbocycles. The van der Waals surface area contributed by atoms with E-state index in [4.69, 9.17) is 46.4 Å². The average Bonchev–Trinajstić information content (AvgIpc) is 2.35. The summed E-state index contributed by atoms with van der Waals surface area (Å²) in [5.41, 5.74) is 0. The predicted molar refractivity (Wildman–Crippen MR) is 82.0 cm³/mol. The lowest BCUT2D eigenvalue weighted by molar-refractivity contribution is 0.501. The van der Waals surface area contributed by atoms with Crippen LogP contribution in [0.15, 0.2) is 36.4 Å². The van der Waals surface area contributed by atoms with Gasteiger partial charge in [-0.1, -0.05) is 46.4 Å². The van der Waals surface area contributed by atoms with E-state index in [2.05, 4.69) is 0 Å². The van der Waals surface area contributed by atoms with Crippen molar-refractivity contribution in [3.63, 3.8) is 0 Å². The summed E-state index contributed by atoms with van der Waals surface area (Å²) in [6.45, 7) is 0. The minimum Gasteiger partial charge on any atom is -0.338 e. The Bertz CT molecular complexity index is 632. The molecule has 100 valence electrons. The summed E-state index contributed by atoms with van der Waals surface area (Å²) in [7, 11) is -3.78. The zero-order chi connectivity index (χ0) is 14.2. The van der Waals surface area contributed by atoms with E-state index in [0.717, 1.165) is 0 Å². The van der Waals surface area contributed by atoms with Gasteiger partial charge in [0.25, 0.3) is 7.37 Å². The molecule has 0 amide bonds. The van der Waals surface area contributed by atoms with Gasteiger partial charge in [0, 0.05) is 10.6 Å². The first-order valence-corrected chi connectivity index (χ1v) is 8.23. The number of halogens is 4. The van der Waals surface area contributed by atoms with E-state index in [0.29, 0.717) is 10.0 Å². The highest BCUT2D eigenvalue weighted by Gasteiger charge is 2.25. The lowest BCUT2D eigenvalue weighted by Crippen LogP contribution is -2.15. The number of benzene rings is 2. The zero-order valence-electron chi connectivity index (χ0n) is 9.28. The summed E-state index contributed by atoms with van der Waals surface area (Å²) >= 11 is 23.3. The van der Waals surface area contributed by atoms with Gasteiger partial charge in [-0.3, -0.25) is 4.57 Å². The van der Waals surface area contributed by atoms with Gasteiger partial charge in [-0.15, -0.1) is 0 Å². The van der Waals surface area contributed by atoms with Gasteiger partial charge in [0.1, 0.15) is 0 Å². The van der Waals surface area contributed by atoms with Gasteiger partial charge in [0.2, 0.25) is 0 Å². The SMILES string of the molecule is O=P(O)(c1ccc(Cl)c(Cl)c1)c1ccc(Cl)c(Cl)c1. The molecule has 0 unspecified atom stereocenters. The monoisotopic (exact) mass is 354 g/mol. The summed E-state index contributed by atoms with van der Waals surface area (Å²) in [4.78, 5) is 10.2. The van der Waals surface area contributed by atoms with Crippen LogP contribution in [0.1, 0.15) is 0 Å². The Morgan fingerprint density at radius 3 is 1.42 bits per heavy atom. The van der Waals surface area contributed by atoms with Crippen LogP contribution in [0, 0.1) is 0 Å². The van der Waals surface area contributed by atoms with E-state index in [-0.39, 0.29) is 20.7 Å². The number of rotatable bonds is 2. The van der Waals surface area contributed by atoms with E-state index >= 15 is 0 Å². The van der Waals surface area contributed by atoms with Crippen LogP contribution in [0.25, 0.3) is 0 Å². The highest BCUT2D eigenvalue weighted by molar-refractivity contribution is 7.73. The maximum absolute atomic E-state index is 12.5. The molecular formula is C12H7Cl4O2P. The van der Waals surface area contributed by atoms with E-state index in [1.807, 2.05) is 0 Å². The predicted octanol–water partition coefficient (Wildman–Crippen LogP) is 4.52. The number of hydrogen-bond acceptors (Lipinski definition) is 1. The van der Waals surface area contributed by atoms with Crippen molar-refractivity contribution in [2.45, 2.75) is 0 Å². The van der Waals surface area contributed by atoms with Gasteiger partial charge in [0.05, 0.1) is 20.1 Å². The Labute approximate surface area is 130 Å². The summed E-state index contributed by atoms with van der Waals surface area (Å²) in [6, 6.07) is 8.59. The molecule has 0 aromatic heterocycles. The minimum absolute atomic E-state index is 0.181. The molecule has 2 aromatic carbocycles. The second-order valence-corrected chi connectivity index (χ2v) is 7.59. The quantitative estimate of drug-likeness (QED) is 0.804. The van der Waals surface area contributed by atoms with Crippen LogP contribution < -0.4 is 10.6 Å². The van der Waals surface area contributed by atoms with Crippen molar-refractivity contribution in [2.75, 3.05) is 0 Å². The largest absolute Gasteiger partial charge is 0.338 e. The van der Waals surface area contributed by atoms with Crippen LogP contribution in [0.5, 0.6) is 0 Å². The van der Waals surface area contributed by atoms with Crippen molar-refractivity contribution in [1.82, 2.24) is 0 Å². The Balaban J connectivity index is 2.54. The fourth-order valence-corrected chi connectivity index (χ4v) is 3.70. The topological polar surface area (TPSA) is 37.3 Å². The van der Waals surface area contributed by atoms with Gasteiger partial charge in [-0.2, -0.15) is 0 Å². The average molecular weight is 356 g/mol. The maximum atomic E-state index is 12.5. The van der Waals surface area contributed by atoms with Crippen molar-refractivity contribution in [2.24, 2.45) is 0 Å². The van der Waals surface area contributed by atoms with E-state index < -0.39 is 7.37 Å². The fourth-order valence-electron chi connectivity index (χ4n) is 1.50. The number of hydrogen-bond donors (Lipinski definition) is 1. The highest BCUT2D eigenvalue weighted by Crippen LogP contribution is 2.40. The molecule has 0 atom stereocenters. The smallest absolute Gasteiger partial charge is 0.258 e. The Morgan fingerprint density at radius 1 is 0.737 bits per heavy atom. The van der Waals surface area contributed by atoms with Gasteiger partial charge >= 0.3 is 0 Å². The standard InChI is InChI=1S/C12H7Cl4O2P/c13-9-3-1-7(5-11(9)15)19(17,18)8-2-4-10(14)12(16)6-8/h1-6H,(H,17,18). The molecular weight excluding hydrogens is 349 g/mol. The van der Waals surface area contributed by atoms with Crippen molar-refractivity contribution in [3.8, 4) is 0 Å². The molecule has 19 heavy (non-hydrogen) atoms. The van der Waals surface area contributed by atoms with Gasteiger partial charge in [-0.25, -0.2) is 0 Å². The summed E-state index contributed by atoms with van der Waals surface area (Å²) in [5, 5.41) is 1.43. The molecule has 0 fully saturated rings. The third kappa shape index (κ3) is 3.11. The van der Waals surface area contributed by atoms with Crippen molar-refractivity contribution >= 4 is 64.4 Å². The molecule has 0 heterocycles. The zero-order valence-corrected chi connectivity index (χ0v) is 13.2. The van der Waals surface area contributed by atoms with Crippen LogP contribution in [-0.4, -0.2) is 4.89 Å². The third-order valence-electron chi connectivity index (χ3n) is 2.51. The lowest BCUT2D eigenvalue weighted by Gasteiger charge is -2.13. The van der Waals surface area contributed by atoms with Crippen molar-refractivity contribution < 1.29 is 9.46 Å². The molecule has 7 heteroatoms. The molecule has 2 rings (SSSR count). The lowest BCUT2D eigenvalue weighted by atomic mass is 10.3. The fraction of sp³-hybridized carbons (Fsp3) is 0. The molecule has 2 nitrogen and oxygen atoms in total. The van der Waals surface area contributed by atoms with E-state index in [1.54, 1.807) is 0 Å². The van der Waals surface area contributed by atoms with Crippen LogP contribution in [0.2, 0.25) is 20.1 Å². The second-order valence-electron chi connectivity index (χ2n) is 3.77. The molecule has 0 aliphatic rings. The third-order valence-corrected chi connectivity index (χ3v) is 5.94. The molecule has 0 saturated carbocycles. The first kappa shape index (κ1) is 15.2. The highest BCUT2D eigenvalue weighted by atomic mass is 35.5. The normalized spacial score (nSPS) is 11.6. The summed E-state index contributed by atoms with van der Waals surface area (Å²) in [5.74, 6) is 0. The second kappa shape index (κ2) is 5.65. The molecule has 0 saturated heterocycles.